The Morgan fingerprint density at radius 1 is 1.08 bits per heavy atom. The summed E-state index contributed by atoms with van der Waals surface area (Å²) >= 11 is 0. The van der Waals surface area contributed by atoms with Crippen LogP contribution in [0.25, 0.3) is 12.2 Å². The van der Waals surface area contributed by atoms with Gasteiger partial charge in [-0.2, -0.15) is 0 Å². The Balaban J connectivity index is 1.84. The van der Waals surface area contributed by atoms with Gasteiger partial charge in [0, 0.05) is 12.3 Å². The quantitative estimate of drug-likeness (QED) is 0.463. The van der Waals surface area contributed by atoms with Crippen LogP contribution in [0.1, 0.15) is 22.4 Å². The smallest absolute Gasteiger partial charge is 0.310 e. The van der Waals surface area contributed by atoms with E-state index in [9.17, 15) is 10.1 Å². The van der Waals surface area contributed by atoms with E-state index < -0.39 is 4.92 Å². The second kappa shape index (κ2) is 8.07. The van der Waals surface area contributed by atoms with Crippen molar-refractivity contribution in [2.75, 3.05) is 0 Å². The molecule has 0 saturated heterocycles. The van der Waals surface area contributed by atoms with Gasteiger partial charge in [0.1, 0.15) is 6.61 Å². The second-order valence-corrected chi connectivity index (χ2v) is 5.80. The third-order valence-electron chi connectivity index (χ3n) is 3.90. The van der Waals surface area contributed by atoms with Crippen LogP contribution in [-0.2, 0) is 6.61 Å². The highest BCUT2D eigenvalue weighted by Gasteiger charge is 2.15. The Hall–Kier alpha value is -3.47. The molecule has 130 valence electrons. The molecular weight excluding hydrogens is 328 g/mol. The molecule has 3 aromatic rings. The van der Waals surface area contributed by atoms with Crippen molar-refractivity contribution in [2.45, 2.75) is 13.5 Å². The number of rotatable bonds is 6. The van der Waals surface area contributed by atoms with Crippen molar-refractivity contribution in [3.8, 4) is 5.75 Å². The Kier molecular flexibility index (Phi) is 5.39. The second-order valence-electron chi connectivity index (χ2n) is 5.80. The van der Waals surface area contributed by atoms with Crippen molar-refractivity contribution in [2.24, 2.45) is 0 Å². The van der Waals surface area contributed by atoms with Gasteiger partial charge in [0.05, 0.1) is 10.6 Å². The van der Waals surface area contributed by atoms with Crippen molar-refractivity contribution >= 4 is 17.8 Å². The molecule has 0 fully saturated rings. The van der Waals surface area contributed by atoms with Crippen LogP contribution in [0.3, 0.4) is 0 Å². The molecule has 0 spiro atoms. The predicted molar refractivity (Wildman–Crippen MR) is 102 cm³/mol. The molecule has 26 heavy (non-hydrogen) atoms. The number of hydrogen-bond donors (Lipinski definition) is 0. The van der Waals surface area contributed by atoms with E-state index in [1.54, 1.807) is 18.3 Å². The van der Waals surface area contributed by atoms with Crippen molar-refractivity contribution in [1.29, 1.82) is 0 Å². The average Bonchev–Trinajstić information content (AvgIpc) is 2.66. The Morgan fingerprint density at radius 2 is 1.88 bits per heavy atom. The molecule has 0 N–H and O–H groups in total. The number of pyridine rings is 1. The van der Waals surface area contributed by atoms with Crippen LogP contribution in [0.15, 0.2) is 66.9 Å². The van der Waals surface area contributed by atoms with Crippen LogP contribution in [0.2, 0.25) is 0 Å². The molecule has 0 aliphatic heterocycles. The van der Waals surface area contributed by atoms with E-state index in [0.29, 0.717) is 0 Å². The van der Waals surface area contributed by atoms with Crippen LogP contribution in [0.5, 0.6) is 5.75 Å². The topological polar surface area (TPSA) is 65.3 Å². The molecule has 0 atom stereocenters. The Morgan fingerprint density at radius 3 is 2.62 bits per heavy atom. The highest BCUT2D eigenvalue weighted by atomic mass is 16.6. The summed E-state index contributed by atoms with van der Waals surface area (Å²) < 4.78 is 5.71. The maximum atomic E-state index is 11.3. The summed E-state index contributed by atoms with van der Waals surface area (Å²) in [5.74, 6) is 0.249. The van der Waals surface area contributed by atoms with Gasteiger partial charge in [-0.05, 0) is 47.9 Å². The highest BCUT2D eigenvalue weighted by molar-refractivity contribution is 5.71. The van der Waals surface area contributed by atoms with Gasteiger partial charge in [0.2, 0.25) is 0 Å². The van der Waals surface area contributed by atoms with Gasteiger partial charge in [-0.3, -0.25) is 15.1 Å². The Bertz CT molecular complexity index is 937. The van der Waals surface area contributed by atoms with E-state index in [1.807, 2.05) is 61.5 Å². The average molecular weight is 346 g/mol. The fraction of sp³-hybridized carbons (Fsp3) is 0.0952. The zero-order chi connectivity index (χ0) is 18.4. The van der Waals surface area contributed by atoms with Crippen LogP contribution in [0.4, 0.5) is 5.69 Å². The maximum absolute atomic E-state index is 11.3. The predicted octanol–water partition coefficient (Wildman–Crippen LogP) is 5.05. The minimum absolute atomic E-state index is 0.0490. The van der Waals surface area contributed by atoms with E-state index in [1.165, 1.54) is 6.07 Å². The van der Waals surface area contributed by atoms with Gasteiger partial charge < -0.3 is 4.74 Å². The lowest BCUT2D eigenvalue weighted by Gasteiger charge is -2.08. The number of nitro benzene ring substituents is 1. The van der Waals surface area contributed by atoms with Crippen molar-refractivity contribution < 1.29 is 9.66 Å². The number of nitro groups is 1. The summed E-state index contributed by atoms with van der Waals surface area (Å²) in [7, 11) is 0. The first-order chi connectivity index (χ1) is 12.6. The standard InChI is InChI=1S/C21H18N2O3/c1-16-6-5-13-22-19(16)11-9-17-10-12-20(23(24)25)21(14-17)26-15-18-7-3-2-4-8-18/h2-14H,15H2,1H3/b11-9+. The van der Waals surface area contributed by atoms with E-state index in [0.717, 1.165) is 22.4 Å². The molecule has 3 rings (SSSR count). The van der Waals surface area contributed by atoms with Crippen LogP contribution in [0, 0.1) is 17.0 Å². The van der Waals surface area contributed by atoms with Crippen molar-refractivity contribution in [3.05, 3.63) is 99.4 Å². The van der Waals surface area contributed by atoms with Gasteiger partial charge in [-0.15, -0.1) is 0 Å². The van der Waals surface area contributed by atoms with Gasteiger partial charge in [0.15, 0.2) is 5.75 Å². The molecule has 1 heterocycles. The summed E-state index contributed by atoms with van der Waals surface area (Å²) in [6, 6.07) is 18.3. The minimum Gasteiger partial charge on any atom is -0.482 e. The molecule has 0 amide bonds. The third-order valence-corrected chi connectivity index (χ3v) is 3.90. The van der Waals surface area contributed by atoms with E-state index >= 15 is 0 Å². The SMILES string of the molecule is Cc1cccnc1/C=C/c1ccc([N+](=O)[O-])c(OCc2ccccc2)c1. The highest BCUT2D eigenvalue weighted by Crippen LogP contribution is 2.29. The summed E-state index contributed by atoms with van der Waals surface area (Å²) in [6.07, 6.45) is 5.49. The monoisotopic (exact) mass is 346 g/mol. The summed E-state index contributed by atoms with van der Waals surface area (Å²) in [5, 5.41) is 11.3. The van der Waals surface area contributed by atoms with Crippen molar-refractivity contribution in [1.82, 2.24) is 4.98 Å². The first kappa shape index (κ1) is 17.4. The summed E-state index contributed by atoms with van der Waals surface area (Å²) in [6.45, 7) is 2.26. The molecule has 0 aliphatic rings. The minimum atomic E-state index is -0.434. The number of aromatic nitrogens is 1. The Labute approximate surface area is 151 Å². The first-order valence-electron chi connectivity index (χ1n) is 8.18. The fourth-order valence-corrected chi connectivity index (χ4v) is 2.48. The van der Waals surface area contributed by atoms with Gasteiger partial charge in [-0.25, -0.2) is 0 Å². The summed E-state index contributed by atoms with van der Waals surface area (Å²) in [5.41, 5.74) is 3.63. The molecule has 5 heteroatoms. The molecule has 0 aliphatic carbocycles. The molecule has 0 bridgehead atoms. The van der Waals surface area contributed by atoms with Crippen LogP contribution >= 0.6 is 0 Å². The maximum Gasteiger partial charge on any atom is 0.310 e. The number of hydrogen-bond acceptors (Lipinski definition) is 4. The van der Waals surface area contributed by atoms with Crippen LogP contribution in [-0.4, -0.2) is 9.91 Å². The zero-order valence-corrected chi connectivity index (χ0v) is 14.3. The van der Waals surface area contributed by atoms with E-state index in [4.69, 9.17) is 4.74 Å². The van der Waals surface area contributed by atoms with Gasteiger partial charge in [0.25, 0.3) is 0 Å². The van der Waals surface area contributed by atoms with E-state index in [2.05, 4.69) is 4.98 Å². The molecule has 0 radical (unpaired) electrons. The van der Waals surface area contributed by atoms with Crippen molar-refractivity contribution in [3.63, 3.8) is 0 Å². The summed E-state index contributed by atoms with van der Waals surface area (Å²) in [4.78, 5) is 15.1. The first-order valence-corrected chi connectivity index (χ1v) is 8.18. The molecular formula is C21H18N2O3. The lowest BCUT2D eigenvalue weighted by molar-refractivity contribution is -0.385. The molecule has 0 saturated carbocycles. The molecule has 5 nitrogen and oxygen atoms in total. The number of benzene rings is 2. The third kappa shape index (κ3) is 4.33. The lowest BCUT2D eigenvalue weighted by atomic mass is 10.1. The fourth-order valence-electron chi connectivity index (χ4n) is 2.48. The lowest BCUT2D eigenvalue weighted by Crippen LogP contribution is -1.99. The largest absolute Gasteiger partial charge is 0.482 e. The van der Waals surface area contributed by atoms with E-state index in [-0.39, 0.29) is 18.0 Å². The number of nitrogens with zero attached hydrogens (tertiary/aromatic N) is 2. The van der Waals surface area contributed by atoms with Crippen LogP contribution < -0.4 is 4.74 Å². The zero-order valence-electron chi connectivity index (χ0n) is 14.3. The number of ether oxygens (including phenoxy) is 1. The molecule has 0 unspecified atom stereocenters. The van der Waals surface area contributed by atoms with Gasteiger partial charge in [-0.1, -0.05) is 42.5 Å². The normalized spacial score (nSPS) is 10.8. The molecule has 2 aromatic carbocycles. The number of aryl methyl sites for hydroxylation is 1. The van der Waals surface area contributed by atoms with Gasteiger partial charge >= 0.3 is 5.69 Å². The molecule has 1 aromatic heterocycles.